The standard InChI is InChI=1S/C16H23N3O4S/c17-15(21)14-12(18-24(22,23)11-10-20)2-1-3-13(14)19-8-6-16(4-5-16)7-9-19/h1-3,18,20H,4-11H2,(H2,17,21). The van der Waals surface area contributed by atoms with Crippen LogP contribution in [0.3, 0.4) is 0 Å². The maximum atomic E-state index is 12.0. The highest BCUT2D eigenvalue weighted by Gasteiger charge is 2.44. The predicted octanol–water partition coefficient (Wildman–Crippen LogP) is 0.900. The monoisotopic (exact) mass is 353 g/mol. The van der Waals surface area contributed by atoms with Crippen LogP contribution < -0.4 is 15.4 Å². The van der Waals surface area contributed by atoms with Crippen LogP contribution >= 0.6 is 0 Å². The zero-order valence-corrected chi connectivity index (χ0v) is 14.3. The van der Waals surface area contributed by atoms with Crippen LogP contribution in [0.15, 0.2) is 18.2 Å². The third-order valence-electron chi connectivity index (χ3n) is 5.04. The smallest absolute Gasteiger partial charge is 0.252 e. The average Bonchev–Trinajstić information content (AvgIpc) is 3.26. The Morgan fingerprint density at radius 1 is 1.25 bits per heavy atom. The van der Waals surface area contributed by atoms with E-state index in [4.69, 9.17) is 10.8 Å². The van der Waals surface area contributed by atoms with Crippen LogP contribution in [0.1, 0.15) is 36.0 Å². The van der Waals surface area contributed by atoms with Gasteiger partial charge < -0.3 is 15.7 Å². The van der Waals surface area contributed by atoms with E-state index in [1.54, 1.807) is 12.1 Å². The van der Waals surface area contributed by atoms with Gasteiger partial charge in [-0.2, -0.15) is 0 Å². The zero-order chi connectivity index (χ0) is 17.4. The molecule has 2 fully saturated rings. The summed E-state index contributed by atoms with van der Waals surface area (Å²) in [5.74, 6) is -1.10. The number of nitrogens with two attached hydrogens (primary N) is 1. The van der Waals surface area contributed by atoms with Gasteiger partial charge in [0.2, 0.25) is 10.0 Å². The molecule has 3 rings (SSSR count). The molecule has 1 saturated heterocycles. The van der Waals surface area contributed by atoms with Gasteiger partial charge in [-0.3, -0.25) is 9.52 Å². The number of benzene rings is 1. The lowest BCUT2D eigenvalue weighted by molar-refractivity contribution is 0.100. The molecule has 0 unspecified atom stereocenters. The second-order valence-electron chi connectivity index (χ2n) is 6.70. The highest BCUT2D eigenvalue weighted by molar-refractivity contribution is 7.92. The normalized spacial score (nSPS) is 19.3. The van der Waals surface area contributed by atoms with Gasteiger partial charge in [0, 0.05) is 13.1 Å². The third-order valence-corrected chi connectivity index (χ3v) is 6.29. The number of anilines is 2. The lowest BCUT2D eigenvalue weighted by Gasteiger charge is -2.35. The number of hydrogen-bond donors (Lipinski definition) is 3. The molecule has 1 aromatic rings. The van der Waals surface area contributed by atoms with Gasteiger partial charge in [-0.25, -0.2) is 8.42 Å². The molecule has 1 heterocycles. The van der Waals surface area contributed by atoms with Crippen molar-refractivity contribution in [3.8, 4) is 0 Å². The molecule has 1 aliphatic carbocycles. The molecule has 132 valence electrons. The van der Waals surface area contributed by atoms with E-state index in [2.05, 4.69) is 9.62 Å². The lowest BCUT2D eigenvalue weighted by atomic mass is 9.93. The molecule has 4 N–H and O–H groups in total. The van der Waals surface area contributed by atoms with Gasteiger partial charge in [0.1, 0.15) is 0 Å². The summed E-state index contributed by atoms with van der Waals surface area (Å²) in [6.45, 7) is 1.19. The fraction of sp³-hybridized carbons (Fsp3) is 0.562. The van der Waals surface area contributed by atoms with E-state index in [9.17, 15) is 13.2 Å². The maximum absolute atomic E-state index is 12.0. The molecule has 1 spiro atoms. The quantitative estimate of drug-likeness (QED) is 0.703. The van der Waals surface area contributed by atoms with Crippen LogP contribution in [0.2, 0.25) is 0 Å². The number of aliphatic hydroxyl groups excluding tert-OH is 1. The van der Waals surface area contributed by atoms with E-state index in [-0.39, 0.29) is 11.3 Å². The number of sulfonamides is 1. The van der Waals surface area contributed by atoms with Gasteiger partial charge in [-0.05, 0) is 43.2 Å². The Balaban J connectivity index is 1.89. The van der Waals surface area contributed by atoms with Gasteiger partial charge in [-0.15, -0.1) is 0 Å². The summed E-state index contributed by atoms with van der Waals surface area (Å²) >= 11 is 0. The molecule has 1 amide bonds. The Morgan fingerprint density at radius 3 is 2.46 bits per heavy atom. The summed E-state index contributed by atoms with van der Waals surface area (Å²) in [4.78, 5) is 14.1. The first-order chi connectivity index (χ1) is 11.4. The molecule has 1 aliphatic heterocycles. The van der Waals surface area contributed by atoms with Crippen molar-refractivity contribution in [3.05, 3.63) is 23.8 Å². The summed E-state index contributed by atoms with van der Waals surface area (Å²) in [6.07, 6.45) is 4.74. The molecular weight excluding hydrogens is 330 g/mol. The summed E-state index contributed by atoms with van der Waals surface area (Å²) in [6, 6.07) is 5.03. The Morgan fingerprint density at radius 2 is 1.92 bits per heavy atom. The van der Waals surface area contributed by atoms with Gasteiger partial charge in [0.05, 0.1) is 29.3 Å². The largest absolute Gasteiger partial charge is 0.395 e. The second kappa shape index (κ2) is 6.25. The number of carbonyl (C=O) groups excluding carboxylic acids is 1. The van der Waals surface area contributed by atoms with Crippen molar-refractivity contribution in [2.75, 3.05) is 35.1 Å². The predicted molar refractivity (Wildman–Crippen MR) is 92.6 cm³/mol. The fourth-order valence-corrected chi connectivity index (χ4v) is 4.23. The van der Waals surface area contributed by atoms with Crippen molar-refractivity contribution in [1.82, 2.24) is 0 Å². The van der Waals surface area contributed by atoms with Crippen molar-refractivity contribution in [2.45, 2.75) is 25.7 Å². The van der Waals surface area contributed by atoms with Crippen molar-refractivity contribution in [1.29, 1.82) is 0 Å². The van der Waals surface area contributed by atoms with Crippen LogP contribution in [-0.4, -0.2) is 44.9 Å². The summed E-state index contributed by atoms with van der Waals surface area (Å²) < 4.78 is 26.2. The fourth-order valence-electron chi connectivity index (χ4n) is 3.39. The van der Waals surface area contributed by atoms with Crippen LogP contribution in [0.4, 0.5) is 11.4 Å². The topological polar surface area (TPSA) is 113 Å². The Hall–Kier alpha value is -1.80. The number of amides is 1. The molecule has 0 radical (unpaired) electrons. The highest BCUT2D eigenvalue weighted by atomic mass is 32.2. The van der Waals surface area contributed by atoms with Gasteiger partial charge in [-0.1, -0.05) is 6.07 Å². The Bertz CT molecular complexity index is 734. The number of aliphatic hydroxyl groups is 1. The summed E-state index contributed by atoms with van der Waals surface area (Å²) in [7, 11) is -3.72. The highest BCUT2D eigenvalue weighted by Crippen LogP contribution is 2.54. The van der Waals surface area contributed by atoms with Gasteiger partial charge >= 0.3 is 0 Å². The second-order valence-corrected chi connectivity index (χ2v) is 8.54. The van der Waals surface area contributed by atoms with Crippen molar-refractivity contribution >= 4 is 27.3 Å². The molecule has 1 aromatic carbocycles. The van der Waals surface area contributed by atoms with Crippen LogP contribution in [-0.2, 0) is 10.0 Å². The molecule has 0 aromatic heterocycles. The minimum absolute atomic E-state index is 0.167. The average molecular weight is 353 g/mol. The minimum atomic E-state index is -3.72. The van der Waals surface area contributed by atoms with E-state index in [1.807, 2.05) is 0 Å². The number of piperidine rings is 1. The number of primary amides is 1. The van der Waals surface area contributed by atoms with Crippen molar-refractivity contribution in [2.24, 2.45) is 11.1 Å². The molecule has 8 heteroatoms. The number of nitrogens with one attached hydrogen (secondary N) is 1. The first kappa shape index (κ1) is 17.0. The van der Waals surface area contributed by atoms with Crippen molar-refractivity contribution in [3.63, 3.8) is 0 Å². The van der Waals surface area contributed by atoms with Crippen LogP contribution in [0.25, 0.3) is 0 Å². The molecule has 1 saturated carbocycles. The number of hydrogen-bond acceptors (Lipinski definition) is 5. The molecule has 0 atom stereocenters. The van der Waals surface area contributed by atoms with Crippen LogP contribution in [0.5, 0.6) is 0 Å². The van der Waals surface area contributed by atoms with E-state index in [0.29, 0.717) is 11.1 Å². The first-order valence-corrected chi connectivity index (χ1v) is 9.80. The summed E-state index contributed by atoms with van der Waals surface area (Å²) in [5, 5.41) is 8.85. The van der Waals surface area contributed by atoms with E-state index < -0.39 is 28.3 Å². The molecular formula is C16H23N3O4S. The number of nitrogens with zero attached hydrogens (tertiary/aromatic N) is 1. The Kier molecular flexibility index (Phi) is 4.44. The van der Waals surface area contributed by atoms with Gasteiger partial charge in [0.15, 0.2) is 0 Å². The molecule has 0 bridgehead atoms. The van der Waals surface area contributed by atoms with E-state index in [0.717, 1.165) is 25.9 Å². The van der Waals surface area contributed by atoms with E-state index >= 15 is 0 Å². The minimum Gasteiger partial charge on any atom is -0.395 e. The zero-order valence-electron chi connectivity index (χ0n) is 13.5. The van der Waals surface area contributed by atoms with Crippen molar-refractivity contribution < 1.29 is 18.3 Å². The lowest BCUT2D eigenvalue weighted by Crippen LogP contribution is -2.36. The molecule has 2 aliphatic rings. The maximum Gasteiger partial charge on any atom is 0.252 e. The SMILES string of the molecule is NC(=O)c1c(NS(=O)(=O)CCO)cccc1N1CCC2(CC1)CC2. The van der Waals surface area contributed by atoms with Crippen LogP contribution in [0, 0.1) is 5.41 Å². The van der Waals surface area contributed by atoms with E-state index in [1.165, 1.54) is 18.9 Å². The third kappa shape index (κ3) is 3.49. The number of rotatable bonds is 6. The first-order valence-electron chi connectivity index (χ1n) is 8.15. The summed E-state index contributed by atoms with van der Waals surface area (Å²) in [5.41, 5.74) is 7.06. The Labute approximate surface area is 141 Å². The molecule has 24 heavy (non-hydrogen) atoms. The van der Waals surface area contributed by atoms with Gasteiger partial charge in [0.25, 0.3) is 5.91 Å². The molecule has 7 nitrogen and oxygen atoms in total. The number of carbonyl (C=O) groups is 1.